The van der Waals surface area contributed by atoms with Crippen molar-refractivity contribution in [2.24, 2.45) is 0 Å². The number of rotatable bonds is 1. The van der Waals surface area contributed by atoms with Crippen LogP contribution in [0.15, 0.2) is 23.9 Å². The van der Waals surface area contributed by atoms with Crippen molar-refractivity contribution in [2.45, 2.75) is 25.9 Å². The maximum Gasteiger partial charge on any atom is 0.558 e. The van der Waals surface area contributed by atoms with Gasteiger partial charge in [-0.1, -0.05) is 12.7 Å². The number of hydrogen-bond acceptors (Lipinski definition) is 3. The van der Waals surface area contributed by atoms with Crippen LogP contribution < -0.4 is 0 Å². The van der Waals surface area contributed by atoms with Crippen LogP contribution in [0.5, 0.6) is 0 Å². The van der Waals surface area contributed by atoms with Crippen LogP contribution in [-0.2, 0) is 14.0 Å². The second kappa shape index (κ2) is 3.44. The van der Waals surface area contributed by atoms with Crippen LogP contribution in [0.2, 0.25) is 0 Å². The lowest BCUT2D eigenvalue weighted by Crippen LogP contribution is -2.27. The first-order valence-corrected chi connectivity index (χ1v) is 4.90. The van der Waals surface area contributed by atoms with Crippen LogP contribution in [0.1, 0.15) is 20.3 Å². The summed E-state index contributed by atoms with van der Waals surface area (Å²) >= 11 is 0. The van der Waals surface area contributed by atoms with E-state index in [1.54, 1.807) is 0 Å². The molecule has 76 valence electrons. The minimum absolute atomic E-state index is 0.249. The topological polar surface area (TPSA) is 27.7 Å². The van der Waals surface area contributed by atoms with E-state index < -0.39 is 0 Å². The first kappa shape index (κ1) is 9.81. The van der Waals surface area contributed by atoms with Gasteiger partial charge in [-0.25, -0.2) is 0 Å². The molecule has 2 aliphatic heterocycles. The van der Waals surface area contributed by atoms with Gasteiger partial charge in [0.1, 0.15) is 5.60 Å². The molecule has 3 nitrogen and oxygen atoms in total. The van der Waals surface area contributed by atoms with Gasteiger partial charge in [-0.2, -0.15) is 0 Å². The highest BCUT2D eigenvalue weighted by Crippen LogP contribution is 2.33. The maximum absolute atomic E-state index is 5.75. The molecule has 4 heteroatoms. The summed E-state index contributed by atoms with van der Waals surface area (Å²) in [5, 5.41) is 0. The van der Waals surface area contributed by atoms with Crippen molar-refractivity contribution in [3.8, 4) is 0 Å². The van der Waals surface area contributed by atoms with Crippen molar-refractivity contribution in [3.63, 3.8) is 0 Å². The predicted molar refractivity (Wildman–Crippen MR) is 54.7 cm³/mol. The van der Waals surface area contributed by atoms with Gasteiger partial charge in [0.25, 0.3) is 0 Å². The fourth-order valence-electron chi connectivity index (χ4n) is 1.54. The summed E-state index contributed by atoms with van der Waals surface area (Å²) in [7, 11) is -0.249. The molecular weight excluding hydrogens is 179 g/mol. The van der Waals surface area contributed by atoms with E-state index in [1.165, 1.54) is 5.47 Å². The zero-order valence-electron chi connectivity index (χ0n) is 8.71. The Morgan fingerprint density at radius 3 is 2.79 bits per heavy atom. The van der Waals surface area contributed by atoms with E-state index >= 15 is 0 Å². The summed E-state index contributed by atoms with van der Waals surface area (Å²) in [6.45, 7) is 9.19. The molecule has 14 heavy (non-hydrogen) atoms. The fourth-order valence-corrected chi connectivity index (χ4v) is 1.54. The summed E-state index contributed by atoms with van der Waals surface area (Å²) in [5.74, 6) is 0.704. The molecule has 0 atom stereocenters. The molecule has 0 amide bonds. The molecule has 0 N–H and O–H groups in total. The molecule has 0 unspecified atom stereocenters. The van der Waals surface area contributed by atoms with E-state index in [-0.39, 0.29) is 12.7 Å². The third-order valence-electron chi connectivity index (χ3n) is 2.62. The van der Waals surface area contributed by atoms with E-state index in [2.05, 4.69) is 6.58 Å². The molecular formula is C10H15BO3. The highest BCUT2D eigenvalue weighted by Gasteiger charge is 2.43. The van der Waals surface area contributed by atoms with Crippen LogP contribution >= 0.6 is 0 Å². The van der Waals surface area contributed by atoms with Crippen molar-refractivity contribution in [3.05, 3.63) is 23.9 Å². The first-order valence-electron chi connectivity index (χ1n) is 4.90. The molecule has 2 rings (SSSR count). The van der Waals surface area contributed by atoms with Crippen LogP contribution in [0.25, 0.3) is 0 Å². The van der Waals surface area contributed by atoms with Gasteiger partial charge in [0.15, 0.2) is 0 Å². The monoisotopic (exact) mass is 194 g/mol. The SMILES string of the molecule is C=C1OB(C2=CCOCC2)OC1(C)C. The Hall–Kier alpha value is -0.735. The third kappa shape index (κ3) is 1.72. The van der Waals surface area contributed by atoms with Crippen molar-refractivity contribution in [1.29, 1.82) is 0 Å². The van der Waals surface area contributed by atoms with E-state index in [9.17, 15) is 0 Å². The largest absolute Gasteiger partial charge is 0.558 e. The standard InChI is InChI=1S/C10H15BO3/c1-8-10(2,3)14-11(13-8)9-4-6-12-7-5-9/h4H,1,5-7H2,2-3H3. The van der Waals surface area contributed by atoms with E-state index in [0.717, 1.165) is 13.0 Å². The van der Waals surface area contributed by atoms with Crippen molar-refractivity contribution in [1.82, 2.24) is 0 Å². The average Bonchev–Trinajstić information content (AvgIpc) is 2.43. The molecule has 1 fully saturated rings. The Labute approximate surface area is 84.9 Å². The minimum Gasteiger partial charge on any atom is -0.534 e. The smallest absolute Gasteiger partial charge is 0.534 e. The average molecular weight is 194 g/mol. The quantitative estimate of drug-likeness (QED) is 0.594. The summed E-state index contributed by atoms with van der Waals surface area (Å²) in [6.07, 6.45) is 2.91. The van der Waals surface area contributed by atoms with Gasteiger partial charge < -0.3 is 14.0 Å². The second-order valence-corrected chi connectivity index (χ2v) is 4.11. The van der Waals surface area contributed by atoms with Gasteiger partial charge in [-0.05, 0) is 25.7 Å². The zero-order chi connectivity index (χ0) is 10.2. The lowest BCUT2D eigenvalue weighted by Gasteiger charge is -2.17. The van der Waals surface area contributed by atoms with Crippen molar-refractivity contribution in [2.75, 3.05) is 13.2 Å². The lowest BCUT2D eigenvalue weighted by atomic mass is 9.75. The van der Waals surface area contributed by atoms with Crippen molar-refractivity contribution < 1.29 is 14.0 Å². The summed E-state index contributed by atoms with van der Waals surface area (Å²) in [6, 6.07) is 0. The van der Waals surface area contributed by atoms with Gasteiger partial charge in [-0.3, -0.25) is 0 Å². The Morgan fingerprint density at radius 2 is 2.29 bits per heavy atom. The summed E-state index contributed by atoms with van der Waals surface area (Å²) < 4.78 is 16.6. The highest BCUT2D eigenvalue weighted by atomic mass is 16.7. The normalized spacial score (nSPS) is 26.0. The summed E-state index contributed by atoms with van der Waals surface area (Å²) in [4.78, 5) is 0. The molecule has 0 spiro atoms. The highest BCUT2D eigenvalue weighted by molar-refractivity contribution is 6.55. The molecule has 1 saturated heterocycles. The fraction of sp³-hybridized carbons (Fsp3) is 0.600. The lowest BCUT2D eigenvalue weighted by molar-refractivity contribution is 0.150. The molecule has 0 aromatic carbocycles. The Balaban J connectivity index is 2.08. The molecule has 2 heterocycles. The molecule has 0 saturated carbocycles. The molecule has 0 aromatic heterocycles. The summed E-state index contributed by atoms with van der Waals surface area (Å²) in [5.41, 5.74) is 0.798. The molecule has 0 aromatic rings. The predicted octanol–water partition coefficient (Wildman–Crippen LogP) is 1.70. The molecule has 2 aliphatic rings. The van der Waals surface area contributed by atoms with E-state index in [0.29, 0.717) is 12.4 Å². The van der Waals surface area contributed by atoms with Gasteiger partial charge >= 0.3 is 7.12 Å². The minimum atomic E-state index is -0.371. The Bertz CT molecular complexity index is 283. The van der Waals surface area contributed by atoms with Crippen molar-refractivity contribution >= 4 is 7.12 Å². The molecule has 0 aliphatic carbocycles. The van der Waals surface area contributed by atoms with E-state index in [4.69, 9.17) is 14.0 Å². The molecule has 0 bridgehead atoms. The van der Waals surface area contributed by atoms with Crippen LogP contribution in [-0.4, -0.2) is 25.9 Å². The second-order valence-electron chi connectivity index (χ2n) is 4.11. The van der Waals surface area contributed by atoms with Crippen LogP contribution in [0, 0.1) is 0 Å². The first-order chi connectivity index (χ1) is 6.59. The van der Waals surface area contributed by atoms with E-state index in [1.807, 2.05) is 19.9 Å². The van der Waals surface area contributed by atoms with Gasteiger partial charge in [0, 0.05) is 0 Å². The number of ether oxygens (including phenoxy) is 1. The zero-order valence-corrected chi connectivity index (χ0v) is 8.71. The van der Waals surface area contributed by atoms with Gasteiger partial charge in [0.05, 0.1) is 19.0 Å². The third-order valence-corrected chi connectivity index (χ3v) is 2.62. The molecule has 0 radical (unpaired) electrons. The van der Waals surface area contributed by atoms with Gasteiger partial charge in [-0.15, -0.1) is 0 Å². The van der Waals surface area contributed by atoms with Crippen LogP contribution in [0.4, 0.5) is 0 Å². The Kier molecular flexibility index (Phi) is 2.41. The van der Waals surface area contributed by atoms with Gasteiger partial charge in [0.2, 0.25) is 0 Å². The number of hydrogen-bond donors (Lipinski definition) is 0. The Morgan fingerprint density at radius 1 is 1.50 bits per heavy atom. The van der Waals surface area contributed by atoms with Crippen LogP contribution in [0.3, 0.4) is 0 Å². The maximum atomic E-state index is 5.75.